The third-order valence-electron chi connectivity index (χ3n) is 2.96. The molecule has 0 spiro atoms. The zero-order chi connectivity index (χ0) is 17.0. The third-order valence-corrected chi connectivity index (χ3v) is 3.86. The number of ether oxygens (including phenoxy) is 1. The number of rotatable bonds is 6. The van der Waals surface area contributed by atoms with Crippen molar-refractivity contribution >= 4 is 22.4 Å². The van der Waals surface area contributed by atoms with Crippen LogP contribution in [-0.4, -0.2) is 48.8 Å². The smallest absolute Gasteiger partial charge is 0.260 e. The second-order valence-electron chi connectivity index (χ2n) is 4.95. The fraction of sp³-hybridized carbons (Fsp3) is 0.357. The summed E-state index contributed by atoms with van der Waals surface area (Å²) in [5.41, 5.74) is -0.326. The number of likely N-dealkylation sites (N-methyl/N-ethyl adjacent to an activating group) is 1. The van der Waals surface area contributed by atoms with Gasteiger partial charge in [-0.15, -0.1) is 10.2 Å². The Balaban J connectivity index is 2.11. The fourth-order valence-corrected chi connectivity index (χ4v) is 2.51. The van der Waals surface area contributed by atoms with Crippen LogP contribution in [0.5, 0.6) is 5.75 Å². The van der Waals surface area contributed by atoms with Crippen molar-refractivity contribution < 1.29 is 18.3 Å². The largest absolute Gasteiger partial charge is 0.491 e. The van der Waals surface area contributed by atoms with Gasteiger partial charge in [-0.05, 0) is 26.2 Å². The lowest BCUT2D eigenvalue weighted by atomic mass is 10.2. The molecule has 0 radical (unpaired) electrons. The molecule has 1 N–H and O–H groups in total. The highest BCUT2D eigenvalue weighted by atomic mass is 32.1. The summed E-state index contributed by atoms with van der Waals surface area (Å²) in [7, 11) is 5.01. The number of nitrogens with zero attached hydrogens (tertiary/aromatic N) is 3. The van der Waals surface area contributed by atoms with E-state index in [1.807, 2.05) is 19.0 Å². The van der Waals surface area contributed by atoms with Crippen LogP contribution in [0.4, 0.5) is 13.9 Å². The summed E-state index contributed by atoms with van der Waals surface area (Å²) in [5, 5.41) is 11.3. The molecule has 0 saturated heterocycles. The summed E-state index contributed by atoms with van der Waals surface area (Å²) in [6.07, 6.45) is 0.694. The molecule has 0 aliphatic carbocycles. The Labute approximate surface area is 136 Å². The molecule has 0 bridgehead atoms. The van der Waals surface area contributed by atoms with Crippen LogP contribution in [0.15, 0.2) is 12.1 Å². The summed E-state index contributed by atoms with van der Waals surface area (Å²) in [6, 6.07) is 2.02. The first-order chi connectivity index (χ1) is 10.9. The molecule has 0 unspecified atom stereocenters. The van der Waals surface area contributed by atoms with Gasteiger partial charge in [0.1, 0.15) is 5.01 Å². The number of carbonyl (C=O) groups is 1. The Hall–Kier alpha value is -2.13. The van der Waals surface area contributed by atoms with E-state index in [1.165, 1.54) is 11.3 Å². The number of carbonyl (C=O) groups excluding carboxylic acids is 1. The van der Waals surface area contributed by atoms with Crippen molar-refractivity contribution in [3.05, 3.63) is 34.3 Å². The zero-order valence-electron chi connectivity index (χ0n) is 12.9. The van der Waals surface area contributed by atoms with E-state index in [4.69, 9.17) is 0 Å². The average molecular weight is 342 g/mol. The van der Waals surface area contributed by atoms with Crippen molar-refractivity contribution in [1.82, 2.24) is 15.1 Å². The SMILES string of the molecule is COc1c(F)ccc(C(=O)Nc2nnc(CCN(C)C)s2)c1F. The molecule has 0 aliphatic heterocycles. The minimum atomic E-state index is -1.05. The molecule has 9 heteroatoms. The maximum Gasteiger partial charge on any atom is 0.260 e. The highest BCUT2D eigenvalue weighted by molar-refractivity contribution is 7.15. The second-order valence-corrected chi connectivity index (χ2v) is 6.01. The minimum absolute atomic E-state index is 0.256. The molecule has 2 rings (SSSR count). The number of benzene rings is 1. The first-order valence-corrected chi connectivity index (χ1v) is 7.54. The van der Waals surface area contributed by atoms with Crippen molar-refractivity contribution in [2.24, 2.45) is 0 Å². The van der Waals surface area contributed by atoms with E-state index in [0.717, 1.165) is 30.8 Å². The molecule has 124 valence electrons. The van der Waals surface area contributed by atoms with E-state index in [9.17, 15) is 13.6 Å². The summed E-state index contributed by atoms with van der Waals surface area (Å²) in [5.74, 6) is -3.26. The molecule has 1 aromatic heterocycles. The van der Waals surface area contributed by atoms with Crippen LogP contribution in [0.25, 0.3) is 0 Å². The van der Waals surface area contributed by atoms with Gasteiger partial charge in [0.25, 0.3) is 5.91 Å². The average Bonchev–Trinajstić information content (AvgIpc) is 2.93. The highest BCUT2D eigenvalue weighted by Crippen LogP contribution is 2.25. The van der Waals surface area contributed by atoms with E-state index in [1.54, 1.807) is 0 Å². The van der Waals surface area contributed by atoms with E-state index < -0.39 is 23.3 Å². The summed E-state index contributed by atoms with van der Waals surface area (Å²) in [6.45, 7) is 0.798. The van der Waals surface area contributed by atoms with Crippen molar-refractivity contribution in [3.63, 3.8) is 0 Å². The summed E-state index contributed by atoms with van der Waals surface area (Å²) in [4.78, 5) is 14.1. The van der Waals surface area contributed by atoms with Crippen molar-refractivity contribution in [2.45, 2.75) is 6.42 Å². The lowest BCUT2D eigenvalue weighted by Gasteiger charge is -2.07. The minimum Gasteiger partial charge on any atom is -0.491 e. The summed E-state index contributed by atoms with van der Waals surface area (Å²) < 4.78 is 32.0. The maximum atomic E-state index is 14.0. The first kappa shape index (κ1) is 17.2. The van der Waals surface area contributed by atoms with Crippen LogP contribution in [0.3, 0.4) is 0 Å². The van der Waals surface area contributed by atoms with E-state index in [-0.39, 0.29) is 10.7 Å². The zero-order valence-corrected chi connectivity index (χ0v) is 13.7. The highest BCUT2D eigenvalue weighted by Gasteiger charge is 2.20. The molecule has 1 heterocycles. The van der Waals surface area contributed by atoms with Gasteiger partial charge in [-0.3, -0.25) is 10.1 Å². The normalized spacial score (nSPS) is 10.9. The van der Waals surface area contributed by atoms with Crippen LogP contribution in [0.2, 0.25) is 0 Å². The third kappa shape index (κ3) is 4.20. The van der Waals surface area contributed by atoms with Crippen molar-refractivity contribution in [1.29, 1.82) is 0 Å². The van der Waals surface area contributed by atoms with Gasteiger partial charge < -0.3 is 9.64 Å². The van der Waals surface area contributed by atoms with E-state index in [0.29, 0.717) is 6.42 Å². The number of amides is 1. The molecule has 6 nitrogen and oxygen atoms in total. The van der Waals surface area contributed by atoms with E-state index in [2.05, 4.69) is 20.3 Å². The van der Waals surface area contributed by atoms with Gasteiger partial charge in [-0.1, -0.05) is 11.3 Å². The number of methoxy groups -OCH3 is 1. The fourth-order valence-electron chi connectivity index (χ4n) is 1.78. The number of aromatic nitrogens is 2. The quantitative estimate of drug-likeness (QED) is 0.872. The van der Waals surface area contributed by atoms with Gasteiger partial charge >= 0.3 is 0 Å². The number of anilines is 1. The topological polar surface area (TPSA) is 67.3 Å². The number of hydrogen-bond donors (Lipinski definition) is 1. The van der Waals surface area contributed by atoms with E-state index >= 15 is 0 Å². The Morgan fingerprint density at radius 2 is 2.09 bits per heavy atom. The van der Waals surface area contributed by atoms with Crippen LogP contribution >= 0.6 is 11.3 Å². The lowest BCUT2D eigenvalue weighted by Crippen LogP contribution is -2.15. The number of halogens is 2. The first-order valence-electron chi connectivity index (χ1n) is 6.72. The van der Waals surface area contributed by atoms with Gasteiger partial charge in [0, 0.05) is 13.0 Å². The molecule has 0 fully saturated rings. The standard InChI is InChI=1S/C14H16F2N4O2S/c1-20(2)7-6-10-18-19-14(23-10)17-13(21)8-4-5-9(15)12(22-3)11(8)16/h4-5H,6-7H2,1-3H3,(H,17,19,21). The van der Waals surface area contributed by atoms with Crippen molar-refractivity contribution in [3.8, 4) is 5.75 Å². The Kier molecular flexibility index (Phi) is 5.56. The molecule has 2 aromatic rings. The molecular formula is C14H16F2N4O2S. The van der Waals surface area contributed by atoms with Gasteiger partial charge in [0.05, 0.1) is 12.7 Å². The van der Waals surface area contributed by atoms with Crippen molar-refractivity contribution in [2.75, 3.05) is 33.1 Å². The van der Waals surface area contributed by atoms with Gasteiger partial charge in [-0.2, -0.15) is 0 Å². The van der Waals surface area contributed by atoms with Gasteiger partial charge in [0.2, 0.25) is 5.13 Å². The Bertz CT molecular complexity index is 706. The Morgan fingerprint density at radius 3 is 2.74 bits per heavy atom. The molecule has 1 aromatic carbocycles. The molecule has 1 amide bonds. The van der Waals surface area contributed by atoms with Crippen LogP contribution < -0.4 is 10.1 Å². The molecule has 0 saturated carbocycles. The second kappa shape index (κ2) is 7.42. The van der Waals surface area contributed by atoms with Crippen LogP contribution in [-0.2, 0) is 6.42 Å². The van der Waals surface area contributed by atoms with Gasteiger partial charge in [-0.25, -0.2) is 8.78 Å². The monoisotopic (exact) mass is 342 g/mol. The van der Waals surface area contributed by atoms with Crippen LogP contribution in [0, 0.1) is 11.6 Å². The van der Waals surface area contributed by atoms with Crippen LogP contribution in [0.1, 0.15) is 15.4 Å². The predicted octanol–water partition coefficient (Wildman–Crippen LogP) is 2.18. The number of nitrogens with one attached hydrogen (secondary N) is 1. The summed E-state index contributed by atoms with van der Waals surface area (Å²) >= 11 is 1.21. The molecular weight excluding hydrogens is 326 g/mol. The maximum absolute atomic E-state index is 14.0. The number of hydrogen-bond acceptors (Lipinski definition) is 6. The molecule has 0 atom stereocenters. The van der Waals surface area contributed by atoms with Gasteiger partial charge in [0.15, 0.2) is 17.4 Å². The molecule has 23 heavy (non-hydrogen) atoms. The molecule has 0 aliphatic rings. The Morgan fingerprint density at radius 1 is 1.35 bits per heavy atom. The predicted molar refractivity (Wildman–Crippen MR) is 83.0 cm³/mol. The lowest BCUT2D eigenvalue weighted by molar-refractivity contribution is 0.102.